The largest absolute Gasteiger partial charge is 1.00 e. The lowest BCUT2D eigenvalue weighted by Gasteiger charge is -2.37. The zero-order valence-electron chi connectivity index (χ0n) is 66.2. The van der Waals surface area contributed by atoms with Crippen LogP contribution in [0.15, 0.2) is 72.8 Å². The van der Waals surface area contributed by atoms with Crippen molar-refractivity contribution in [3.05, 3.63) is 168 Å². The Labute approximate surface area is 668 Å². The summed E-state index contributed by atoms with van der Waals surface area (Å²) in [6.45, 7) is 46.3. The van der Waals surface area contributed by atoms with Crippen molar-refractivity contribution in [1.82, 2.24) is 15.1 Å². The molecule has 582 valence electrons. The van der Waals surface area contributed by atoms with E-state index < -0.39 is 0 Å². The number of rotatable bonds is 41. The topological polar surface area (TPSA) is 116 Å². The van der Waals surface area contributed by atoms with Crippen molar-refractivity contribution in [2.45, 2.75) is 201 Å². The number of halogens is 8. The number of ketones is 4. The van der Waals surface area contributed by atoms with E-state index in [0.717, 1.165) is 202 Å². The molecule has 0 aliphatic rings. The summed E-state index contributed by atoms with van der Waals surface area (Å²) in [6, 6.07) is 21.3. The van der Waals surface area contributed by atoms with Crippen molar-refractivity contribution in [2.75, 3.05) is 127 Å². The molecule has 0 aliphatic carbocycles. The van der Waals surface area contributed by atoms with Crippen molar-refractivity contribution in [3.63, 3.8) is 0 Å². The summed E-state index contributed by atoms with van der Waals surface area (Å²) in [7, 11) is 1.79. The number of Topliss-reactive ketones (excluding diaryl/α,β-unsaturated/α-hetero) is 4. The third-order valence-electron chi connectivity index (χ3n) is 19.1. The first-order chi connectivity index (χ1) is 47.9. The van der Waals surface area contributed by atoms with Crippen LogP contribution in [-0.2, 0) is 49.7 Å². The minimum atomic E-state index is -0.246. The van der Waals surface area contributed by atoms with E-state index >= 15 is 0 Å². The molecule has 0 saturated heterocycles. The Balaban J connectivity index is 0. The summed E-state index contributed by atoms with van der Waals surface area (Å²) < 4.78 is 42.0. The Morgan fingerprint density at radius 2 is 0.738 bits per heavy atom. The van der Waals surface area contributed by atoms with Crippen molar-refractivity contribution >= 4 is 82.5 Å². The van der Waals surface area contributed by atoms with E-state index in [1.54, 1.807) is 7.05 Å². The highest BCUT2D eigenvalue weighted by Crippen LogP contribution is 2.24. The second kappa shape index (κ2) is 56.5. The summed E-state index contributed by atoms with van der Waals surface area (Å²) in [4.78, 5) is 66.6. The lowest BCUT2D eigenvalue weighted by Crippen LogP contribution is -3.00. The van der Waals surface area contributed by atoms with Gasteiger partial charge in [-0.1, -0.05) is 119 Å². The SMILES string of the molecule is BrCCCCBr.CCCN(CC)CC(=O)Cc1c(C)cc(F)cc1C.CCC[N+](CC)(CCCCBr)CC(=O)Cc1c(C)cc(F)cc1C.CCC[N+](CC)(CCCCN(CC)CC(=O)Nc1c(C)cccc1C)CC(=O)Cc1c(C)cc(F)cc1C.CNCC(=O)Cc1c(C)cccc1C.[Br-].[Br-]. The van der Waals surface area contributed by atoms with Crippen molar-refractivity contribution < 1.29 is 80.1 Å². The second-order valence-corrected chi connectivity index (χ2v) is 30.0. The van der Waals surface area contributed by atoms with E-state index in [1.807, 2.05) is 79.7 Å². The zero-order chi connectivity index (χ0) is 76.3. The third kappa shape index (κ3) is 39.8. The molecule has 103 heavy (non-hydrogen) atoms. The first kappa shape index (κ1) is 101. The van der Waals surface area contributed by atoms with E-state index in [-0.39, 0.29) is 80.5 Å². The van der Waals surface area contributed by atoms with Gasteiger partial charge in [0.05, 0.1) is 58.9 Å². The first-order valence-corrected chi connectivity index (χ1v) is 40.5. The molecule has 0 aliphatic heterocycles. The van der Waals surface area contributed by atoms with Gasteiger partial charge in [-0.2, -0.15) is 0 Å². The minimum Gasteiger partial charge on any atom is -1.00 e. The maximum atomic E-state index is 13.7. The number of quaternary nitrogens is 2. The average molecular weight is 1760 g/mol. The molecule has 0 bridgehead atoms. The molecule has 0 fully saturated rings. The molecule has 0 aromatic heterocycles. The smallest absolute Gasteiger partial charge is 0.238 e. The monoisotopic (exact) mass is 1750 g/mol. The van der Waals surface area contributed by atoms with Crippen LogP contribution in [-0.4, -0.2) is 169 Å². The van der Waals surface area contributed by atoms with E-state index in [4.69, 9.17) is 0 Å². The molecule has 11 nitrogen and oxygen atoms in total. The number of hydrogen-bond acceptors (Lipinski definition) is 8. The molecule has 0 radical (unpaired) electrons. The van der Waals surface area contributed by atoms with Crippen LogP contribution in [0.5, 0.6) is 0 Å². The minimum absolute atomic E-state index is 0. The molecule has 2 unspecified atom stereocenters. The second-order valence-electron chi connectivity index (χ2n) is 27.6. The summed E-state index contributed by atoms with van der Waals surface area (Å²) >= 11 is 10.1. The molecular formula is C84H130Br5F3N6O5. The fourth-order valence-corrected chi connectivity index (χ4v) is 14.5. The van der Waals surface area contributed by atoms with E-state index in [9.17, 15) is 37.1 Å². The molecule has 0 spiro atoms. The molecule has 5 aromatic rings. The molecule has 1 amide bonds. The number of benzene rings is 5. The number of carbonyl (C=O) groups excluding carboxylic acids is 5. The Kier molecular flexibility index (Phi) is 55.5. The van der Waals surface area contributed by atoms with Crippen LogP contribution in [0, 0.1) is 86.7 Å². The van der Waals surface area contributed by atoms with Crippen LogP contribution >= 0.6 is 47.8 Å². The van der Waals surface area contributed by atoms with Gasteiger partial charge >= 0.3 is 0 Å². The fourth-order valence-electron chi connectivity index (χ4n) is 13.3. The number of nitrogens with zero attached hydrogens (tertiary/aromatic N) is 4. The van der Waals surface area contributed by atoms with Crippen LogP contribution in [0.25, 0.3) is 0 Å². The number of aryl methyl sites for hydroxylation is 10. The summed E-state index contributed by atoms with van der Waals surface area (Å²) in [5.41, 5.74) is 14.8. The predicted molar refractivity (Wildman–Crippen MR) is 432 cm³/mol. The maximum Gasteiger partial charge on any atom is 0.238 e. The number of hydrogen-bond donors (Lipinski definition) is 2. The Bertz CT molecular complexity index is 3190. The molecule has 5 rings (SSSR count). The van der Waals surface area contributed by atoms with Gasteiger partial charge < -0.3 is 53.6 Å². The third-order valence-corrected chi connectivity index (χ3v) is 20.8. The molecule has 2 atom stereocenters. The van der Waals surface area contributed by atoms with Crippen LogP contribution in [0.2, 0.25) is 0 Å². The van der Waals surface area contributed by atoms with Crippen molar-refractivity contribution in [2.24, 2.45) is 0 Å². The van der Waals surface area contributed by atoms with Gasteiger partial charge in [0, 0.05) is 47.4 Å². The molecule has 0 saturated carbocycles. The highest BCUT2D eigenvalue weighted by molar-refractivity contribution is 9.09. The maximum absolute atomic E-state index is 13.7. The number of alkyl halides is 3. The Hall–Kier alpha value is -3.76. The fraction of sp³-hybridized carbons (Fsp3) is 0.583. The van der Waals surface area contributed by atoms with E-state index in [0.29, 0.717) is 58.4 Å². The molecule has 19 heteroatoms. The zero-order valence-corrected chi connectivity index (χ0v) is 74.1. The van der Waals surface area contributed by atoms with Gasteiger partial charge in [-0.05, 0) is 288 Å². The van der Waals surface area contributed by atoms with Gasteiger partial charge in [0.25, 0.3) is 0 Å². The predicted octanol–water partition coefficient (Wildman–Crippen LogP) is 12.6. The number of para-hydroxylation sites is 1. The standard InChI is InChI=1S/C32H48FN3O2.C20H32BrFNO.C16H24FNO.C12H17NO.C4H8Br2.2BrH/c1-8-17-36(10-3,23-29(37)21-30-26(6)19-28(33)20-27(30)7)18-12-11-16-35(9-2)22-31(38)34-32-24(4)14-13-15-25(32)5;1-5-10-23(6-2,11-8-7-9-21)15-19(24)14-20-16(3)12-18(22)13-17(20)4;1-5-7-18(6-2)11-15(19)10-16-12(3)8-14(17)9-13(16)4;1-9-5-4-6-10(2)12(9)7-11(14)8-13-3;5-3-1-2-4-6;;/h13-15,19-20H,8-12,16-18,21-23H2,1-7H3;12-13H,5-11,14-15H2,1-4H3;8-9H,5-7,10-11H2,1-4H3;4-6,13H,7-8H2,1-3H3;1-4H2;2*1H/q;+1;;;;;/p-1. The van der Waals surface area contributed by atoms with Gasteiger partial charge in [0.2, 0.25) is 5.91 Å². The number of amides is 1. The number of unbranched alkanes of at least 4 members (excludes halogenated alkanes) is 3. The van der Waals surface area contributed by atoms with Gasteiger partial charge in [-0.25, -0.2) is 13.2 Å². The van der Waals surface area contributed by atoms with Gasteiger partial charge in [0.15, 0.2) is 23.1 Å². The van der Waals surface area contributed by atoms with E-state index in [2.05, 4.69) is 143 Å². The number of anilines is 1. The van der Waals surface area contributed by atoms with Gasteiger partial charge in [0.1, 0.15) is 30.5 Å². The Morgan fingerprint density at radius 1 is 0.408 bits per heavy atom. The van der Waals surface area contributed by atoms with Crippen LogP contribution in [0.1, 0.15) is 184 Å². The molecule has 5 aromatic carbocycles. The average Bonchev–Trinajstić information content (AvgIpc) is 0.848. The molecule has 0 heterocycles. The summed E-state index contributed by atoms with van der Waals surface area (Å²) in [5.74, 6) is 0.250. The highest BCUT2D eigenvalue weighted by Gasteiger charge is 2.30. The van der Waals surface area contributed by atoms with Gasteiger partial charge in [-0.15, -0.1) is 0 Å². The Morgan fingerprint density at radius 3 is 1.08 bits per heavy atom. The van der Waals surface area contributed by atoms with Crippen LogP contribution in [0.3, 0.4) is 0 Å². The lowest BCUT2D eigenvalue weighted by molar-refractivity contribution is -0.919. The van der Waals surface area contributed by atoms with Crippen molar-refractivity contribution in [1.29, 1.82) is 0 Å². The molecule has 2 N–H and O–H groups in total. The number of carbonyl (C=O) groups is 5. The number of nitrogens with one attached hydrogen (secondary N) is 2. The van der Waals surface area contributed by atoms with Gasteiger partial charge in [-0.3, -0.25) is 33.8 Å². The van der Waals surface area contributed by atoms with Crippen LogP contribution < -0.4 is 44.6 Å². The summed E-state index contributed by atoms with van der Waals surface area (Å²) in [5, 5.41) is 9.26. The quantitative estimate of drug-likeness (QED) is 0.0226. The lowest BCUT2D eigenvalue weighted by atomic mass is 9.97. The van der Waals surface area contributed by atoms with Crippen molar-refractivity contribution in [3.8, 4) is 0 Å². The highest BCUT2D eigenvalue weighted by atomic mass is 79.9. The summed E-state index contributed by atoms with van der Waals surface area (Å²) in [6.07, 6.45) is 11.7. The van der Waals surface area contributed by atoms with Crippen LogP contribution in [0.4, 0.5) is 18.9 Å². The first-order valence-electron chi connectivity index (χ1n) is 37.2. The normalized spacial score (nSPS) is 11.9. The van der Waals surface area contributed by atoms with E-state index in [1.165, 1.54) is 65.9 Å². The molecular weight excluding hydrogens is 1630 g/mol. The number of likely N-dealkylation sites (N-methyl/N-ethyl adjacent to an activating group) is 5.